The Hall–Kier alpha value is -3.37. The third-order valence-corrected chi connectivity index (χ3v) is 5.25. The van der Waals surface area contributed by atoms with Crippen molar-refractivity contribution in [2.45, 2.75) is 12.5 Å². The summed E-state index contributed by atoms with van der Waals surface area (Å²) in [6.45, 7) is 0. The van der Waals surface area contributed by atoms with E-state index in [4.69, 9.17) is 17.3 Å². The molecule has 0 saturated carbocycles. The molecule has 0 aliphatic heterocycles. The third-order valence-electron chi connectivity index (χ3n) is 5.00. The minimum atomic E-state index is -0.832. The largest absolute Gasteiger partial charge is 0.368 e. The highest BCUT2D eigenvalue weighted by atomic mass is 35.5. The Balaban J connectivity index is 1.73. The molecule has 4 aromatic carbocycles. The van der Waals surface area contributed by atoms with E-state index in [-0.39, 0.29) is 5.91 Å². The van der Waals surface area contributed by atoms with Crippen LogP contribution >= 0.6 is 11.6 Å². The number of hydrogen-bond donors (Lipinski definition) is 2. The fourth-order valence-corrected chi connectivity index (χ4v) is 3.69. The van der Waals surface area contributed by atoms with Gasteiger partial charge in [-0.3, -0.25) is 9.59 Å². The first-order valence-corrected chi connectivity index (χ1v) is 9.66. The number of rotatable bonds is 5. The van der Waals surface area contributed by atoms with Crippen LogP contribution in [0.25, 0.3) is 21.5 Å². The zero-order valence-electron chi connectivity index (χ0n) is 15.6. The number of nitrogens with two attached hydrogens (primary N) is 1. The van der Waals surface area contributed by atoms with Gasteiger partial charge in [0.25, 0.3) is 5.91 Å². The molecule has 2 amide bonds. The highest BCUT2D eigenvalue weighted by Gasteiger charge is 2.22. The van der Waals surface area contributed by atoms with Gasteiger partial charge >= 0.3 is 0 Å². The molecule has 144 valence electrons. The normalized spacial score (nSPS) is 12.0. The molecule has 1 atom stereocenters. The van der Waals surface area contributed by atoms with Crippen molar-refractivity contribution in [2.75, 3.05) is 0 Å². The molecule has 0 radical (unpaired) electrons. The predicted octanol–water partition coefficient (Wildman–Crippen LogP) is 4.47. The smallest absolute Gasteiger partial charge is 0.253 e. The molecule has 0 aromatic heterocycles. The summed E-state index contributed by atoms with van der Waals surface area (Å²) in [5.41, 5.74) is 6.99. The average molecular weight is 403 g/mol. The van der Waals surface area contributed by atoms with Crippen LogP contribution in [0.4, 0.5) is 0 Å². The van der Waals surface area contributed by atoms with Gasteiger partial charge in [0.15, 0.2) is 0 Å². The molecule has 0 spiro atoms. The number of primary amides is 1. The van der Waals surface area contributed by atoms with Crippen molar-refractivity contribution < 1.29 is 9.59 Å². The fourth-order valence-electron chi connectivity index (χ4n) is 3.57. The number of benzene rings is 4. The molecule has 0 aliphatic carbocycles. The SMILES string of the molecule is NC(=O)[C@@H](Cc1ccc(Cl)cc1)NC(=O)c1c2ccccc2cc2ccccc12. The Kier molecular flexibility index (Phi) is 5.19. The first-order valence-electron chi connectivity index (χ1n) is 9.28. The highest BCUT2D eigenvalue weighted by molar-refractivity contribution is 6.30. The summed E-state index contributed by atoms with van der Waals surface area (Å²) in [5.74, 6) is -0.909. The van der Waals surface area contributed by atoms with Crippen LogP contribution in [-0.2, 0) is 11.2 Å². The van der Waals surface area contributed by atoms with Crippen LogP contribution in [0.3, 0.4) is 0 Å². The summed E-state index contributed by atoms with van der Waals surface area (Å²) in [6, 6.07) is 23.8. The van der Waals surface area contributed by atoms with E-state index in [0.29, 0.717) is 17.0 Å². The molecule has 0 saturated heterocycles. The molecule has 3 N–H and O–H groups in total. The zero-order valence-corrected chi connectivity index (χ0v) is 16.3. The van der Waals surface area contributed by atoms with E-state index in [1.165, 1.54) is 0 Å². The van der Waals surface area contributed by atoms with Crippen LogP contribution in [-0.4, -0.2) is 17.9 Å². The molecule has 4 rings (SSSR count). The lowest BCUT2D eigenvalue weighted by Crippen LogP contribution is -2.46. The van der Waals surface area contributed by atoms with Crippen LogP contribution in [0.15, 0.2) is 78.9 Å². The number of hydrogen-bond acceptors (Lipinski definition) is 2. The second-order valence-corrected chi connectivity index (χ2v) is 7.39. The number of fused-ring (bicyclic) bond motifs is 2. The lowest BCUT2D eigenvalue weighted by molar-refractivity contribution is -0.119. The molecular formula is C24H19ClN2O2. The molecular weight excluding hydrogens is 384 g/mol. The third kappa shape index (κ3) is 3.93. The Morgan fingerprint density at radius 2 is 1.41 bits per heavy atom. The monoisotopic (exact) mass is 402 g/mol. The van der Waals surface area contributed by atoms with Gasteiger partial charge in [-0.1, -0.05) is 72.3 Å². The second kappa shape index (κ2) is 7.94. The van der Waals surface area contributed by atoms with Crippen molar-refractivity contribution in [2.24, 2.45) is 5.73 Å². The van der Waals surface area contributed by atoms with Gasteiger partial charge in [-0.25, -0.2) is 0 Å². The molecule has 0 fully saturated rings. The summed E-state index contributed by atoms with van der Waals surface area (Å²) in [4.78, 5) is 25.3. The maximum absolute atomic E-state index is 13.3. The molecule has 4 nitrogen and oxygen atoms in total. The van der Waals surface area contributed by atoms with E-state index in [9.17, 15) is 9.59 Å². The molecule has 0 unspecified atom stereocenters. The fraction of sp³-hybridized carbons (Fsp3) is 0.0833. The van der Waals surface area contributed by atoms with Crippen LogP contribution in [0.1, 0.15) is 15.9 Å². The first kappa shape index (κ1) is 19.0. The predicted molar refractivity (Wildman–Crippen MR) is 117 cm³/mol. The van der Waals surface area contributed by atoms with Gasteiger partial charge in [0, 0.05) is 11.4 Å². The van der Waals surface area contributed by atoms with Crippen molar-refractivity contribution in [3.05, 3.63) is 95.0 Å². The maximum Gasteiger partial charge on any atom is 0.253 e. The molecule has 0 aliphatic rings. The van der Waals surface area contributed by atoms with E-state index < -0.39 is 11.9 Å². The number of carbonyl (C=O) groups excluding carboxylic acids is 2. The Labute approximate surface area is 173 Å². The van der Waals surface area contributed by atoms with Gasteiger partial charge in [0.05, 0.1) is 5.56 Å². The Morgan fingerprint density at radius 1 is 0.862 bits per heavy atom. The summed E-state index contributed by atoms with van der Waals surface area (Å²) in [6.07, 6.45) is 0.293. The Morgan fingerprint density at radius 3 is 1.97 bits per heavy atom. The lowest BCUT2D eigenvalue weighted by atomic mass is 9.95. The molecule has 29 heavy (non-hydrogen) atoms. The van der Waals surface area contributed by atoms with Crippen molar-refractivity contribution >= 4 is 45.0 Å². The van der Waals surface area contributed by atoms with Gasteiger partial charge in [-0.2, -0.15) is 0 Å². The van der Waals surface area contributed by atoms with E-state index in [2.05, 4.69) is 11.4 Å². The molecule has 4 aromatic rings. The minimum Gasteiger partial charge on any atom is -0.368 e. The van der Waals surface area contributed by atoms with Crippen molar-refractivity contribution in [3.8, 4) is 0 Å². The number of nitrogens with one attached hydrogen (secondary N) is 1. The first-order chi connectivity index (χ1) is 14.0. The van der Waals surface area contributed by atoms with Gasteiger partial charge in [0.1, 0.15) is 6.04 Å². The Bertz CT molecular complexity index is 1160. The lowest BCUT2D eigenvalue weighted by Gasteiger charge is -2.18. The number of amides is 2. The number of halogens is 1. The van der Waals surface area contributed by atoms with E-state index in [0.717, 1.165) is 27.1 Å². The summed E-state index contributed by atoms with van der Waals surface area (Å²) >= 11 is 5.92. The average Bonchev–Trinajstić information content (AvgIpc) is 2.72. The van der Waals surface area contributed by atoms with Crippen LogP contribution in [0, 0.1) is 0 Å². The molecule has 0 heterocycles. The number of carbonyl (C=O) groups is 2. The second-order valence-electron chi connectivity index (χ2n) is 6.95. The van der Waals surface area contributed by atoms with Gasteiger partial charge in [-0.15, -0.1) is 0 Å². The summed E-state index contributed by atoms with van der Waals surface area (Å²) in [7, 11) is 0. The van der Waals surface area contributed by atoms with E-state index in [1.54, 1.807) is 12.1 Å². The van der Waals surface area contributed by atoms with Crippen LogP contribution in [0.5, 0.6) is 0 Å². The van der Waals surface area contributed by atoms with E-state index in [1.807, 2.05) is 60.7 Å². The van der Waals surface area contributed by atoms with Crippen LogP contribution in [0.2, 0.25) is 5.02 Å². The maximum atomic E-state index is 13.3. The van der Waals surface area contributed by atoms with E-state index >= 15 is 0 Å². The topological polar surface area (TPSA) is 72.2 Å². The van der Waals surface area contributed by atoms with Crippen molar-refractivity contribution in [3.63, 3.8) is 0 Å². The quantitative estimate of drug-likeness (QED) is 0.483. The van der Waals surface area contributed by atoms with Crippen LogP contribution < -0.4 is 11.1 Å². The zero-order chi connectivity index (χ0) is 20.4. The van der Waals surface area contributed by atoms with Crippen molar-refractivity contribution in [1.29, 1.82) is 0 Å². The minimum absolute atomic E-state index is 0.293. The molecule has 5 heteroatoms. The summed E-state index contributed by atoms with van der Waals surface area (Å²) in [5, 5.41) is 7.03. The van der Waals surface area contributed by atoms with Gasteiger partial charge < -0.3 is 11.1 Å². The summed E-state index contributed by atoms with van der Waals surface area (Å²) < 4.78 is 0. The molecule has 0 bridgehead atoms. The van der Waals surface area contributed by atoms with Gasteiger partial charge in [0.2, 0.25) is 5.91 Å². The van der Waals surface area contributed by atoms with Crippen molar-refractivity contribution in [1.82, 2.24) is 5.32 Å². The highest BCUT2D eigenvalue weighted by Crippen LogP contribution is 2.28. The standard InChI is InChI=1S/C24H19ClN2O2/c25-18-11-9-15(10-12-18)13-21(23(26)28)27-24(29)22-19-7-3-1-5-16(19)14-17-6-2-4-8-20(17)22/h1-12,14,21H,13H2,(H2,26,28)(H,27,29)/t21-/m1/s1. The van der Waals surface area contributed by atoms with Gasteiger partial charge in [-0.05, 0) is 45.3 Å².